The molecule has 0 unspecified atom stereocenters. The zero-order valence-corrected chi connectivity index (χ0v) is 22.1. The molecule has 8 nitrogen and oxygen atoms in total. The first-order valence-electron chi connectivity index (χ1n) is 12.4. The molecule has 0 aliphatic heterocycles. The van der Waals surface area contributed by atoms with Crippen molar-refractivity contribution in [1.82, 2.24) is 24.4 Å². The monoisotopic (exact) mass is 549 g/mol. The van der Waals surface area contributed by atoms with E-state index in [1.165, 1.54) is 29.0 Å². The van der Waals surface area contributed by atoms with Crippen LogP contribution in [-0.4, -0.2) is 31.5 Å². The number of ether oxygens (including phenoxy) is 1. The van der Waals surface area contributed by atoms with E-state index in [0.29, 0.717) is 37.9 Å². The number of fused-ring (bicyclic) bond motifs is 2. The molecule has 0 N–H and O–H groups in total. The number of hydrogen-bond donors (Lipinski definition) is 0. The molecule has 4 aromatic heterocycles. The van der Waals surface area contributed by atoms with Crippen LogP contribution in [0.15, 0.2) is 88.2 Å². The Balaban J connectivity index is 1.36. The van der Waals surface area contributed by atoms with Crippen molar-refractivity contribution in [3.05, 3.63) is 111 Å². The maximum Gasteiger partial charge on any atom is 0.291 e. The van der Waals surface area contributed by atoms with Crippen molar-refractivity contribution in [1.29, 1.82) is 0 Å². The Labute approximate surface area is 230 Å². The Bertz CT molecular complexity index is 2160. The molecule has 40 heavy (non-hydrogen) atoms. The lowest BCUT2D eigenvalue weighted by molar-refractivity contribution is 0.386. The van der Waals surface area contributed by atoms with Gasteiger partial charge in [-0.3, -0.25) is 4.79 Å². The fourth-order valence-corrected chi connectivity index (χ4v) is 5.60. The molecular formula is C30H20FN5O3S. The van der Waals surface area contributed by atoms with E-state index in [0.717, 1.165) is 22.2 Å². The SMILES string of the molecule is COc1ccc(-c2nn(-c3ccccc3)cc2/C=c2\sc3nc(-c4oc5ccccc5c4C)nn3c2=O)cc1F. The van der Waals surface area contributed by atoms with Crippen LogP contribution < -0.4 is 14.8 Å². The van der Waals surface area contributed by atoms with Crippen LogP contribution in [0.4, 0.5) is 4.39 Å². The van der Waals surface area contributed by atoms with Crippen LogP contribution in [0.2, 0.25) is 0 Å². The summed E-state index contributed by atoms with van der Waals surface area (Å²) in [6, 6.07) is 21.9. The second kappa shape index (κ2) is 9.28. The summed E-state index contributed by atoms with van der Waals surface area (Å²) in [7, 11) is 1.42. The van der Waals surface area contributed by atoms with Crippen molar-refractivity contribution < 1.29 is 13.5 Å². The highest BCUT2D eigenvalue weighted by atomic mass is 32.1. The van der Waals surface area contributed by atoms with Gasteiger partial charge < -0.3 is 9.15 Å². The zero-order valence-electron chi connectivity index (χ0n) is 21.3. The number of halogens is 1. The van der Waals surface area contributed by atoms with Gasteiger partial charge in [0.1, 0.15) is 11.3 Å². The fourth-order valence-electron chi connectivity index (χ4n) is 4.70. The average Bonchev–Trinajstić information content (AvgIpc) is 3.73. The molecule has 0 saturated heterocycles. The Morgan fingerprint density at radius 3 is 2.58 bits per heavy atom. The lowest BCUT2D eigenvalue weighted by atomic mass is 10.1. The van der Waals surface area contributed by atoms with E-state index in [4.69, 9.17) is 14.3 Å². The van der Waals surface area contributed by atoms with Gasteiger partial charge in [0.15, 0.2) is 17.3 Å². The van der Waals surface area contributed by atoms with Crippen LogP contribution in [0.5, 0.6) is 5.75 Å². The van der Waals surface area contributed by atoms with E-state index in [9.17, 15) is 9.18 Å². The summed E-state index contributed by atoms with van der Waals surface area (Å²) < 4.78 is 29.1. The van der Waals surface area contributed by atoms with Gasteiger partial charge in [-0.25, -0.2) is 9.07 Å². The first kappa shape index (κ1) is 24.0. The van der Waals surface area contributed by atoms with Crippen LogP contribution in [0.25, 0.3) is 50.5 Å². The molecular weight excluding hydrogens is 529 g/mol. The molecule has 0 aliphatic rings. The predicted octanol–water partition coefficient (Wildman–Crippen LogP) is 5.42. The number of methoxy groups -OCH3 is 1. The smallest absolute Gasteiger partial charge is 0.291 e. The molecule has 10 heteroatoms. The van der Waals surface area contributed by atoms with Gasteiger partial charge in [0.2, 0.25) is 10.8 Å². The summed E-state index contributed by atoms with van der Waals surface area (Å²) >= 11 is 1.21. The van der Waals surface area contributed by atoms with E-state index in [1.807, 2.05) is 67.7 Å². The van der Waals surface area contributed by atoms with Gasteiger partial charge in [-0.05, 0) is 49.4 Å². The van der Waals surface area contributed by atoms with Gasteiger partial charge >= 0.3 is 0 Å². The largest absolute Gasteiger partial charge is 0.494 e. The van der Waals surface area contributed by atoms with Crippen LogP contribution in [-0.2, 0) is 0 Å². The minimum Gasteiger partial charge on any atom is -0.494 e. The third-order valence-electron chi connectivity index (χ3n) is 6.70. The van der Waals surface area contributed by atoms with Crippen molar-refractivity contribution in [2.24, 2.45) is 0 Å². The molecule has 0 atom stereocenters. The zero-order chi connectivity index (χ0) is 27.4. The maximum atomic E-state index is 14.6. The van der Waals surface area contributed by atoms with Crippen LogP contribution >= 0.6 is 11.3 Å². The quantitative estimate of drug-likeness (QED) is 0.285. The summed E-state index contributed by atoms with van der Waals surface area (Å²) in [5, 5.41) is 10.2. The van der Waals surface area contributed by atoms with Gasteiger partial charge in [-0.2, -0.15) is 14.6 Å². The molecule has 7 rings (SSSR count). The van der Waals surface area contributed by atoms with Crippen molar-refractivity contribution in [2.75, 3.05) is 7.11 Å². The maximum absolute atomic E-state index is 14.6. The first-order chi connectivity index (χ1) is 19.5. The Hall–Kier alpha value is -5.09. The van der Waals surface area contributed by atoms with Crippen molar-refractivity contribution >= 4 is 33.3 Å². The number of aromatic nitrogens is 5. The van der Waals surface area contributed by atoms with Crippen LogP contribution in [0, 0.1) is 12.7 Å². The average molecular weight is 550 g/mol. The van der Waals surface area contributed by atoms with Gasteiger partial charge in [0, 0.05) is 28.3 Å². The number of thiazole rings is 1. The highest BCUT2D eigenvalue weighted by Gasteiger charge is 2.20. The summed E-state index contributed by atoms with van der Waals surface area (Å²) in [4.78, 5) is 18.4. The second-order valence-electron chi connectivity index (χ2n) is 9.16. The Morgan fingerprint density at radius 1 is 1.02 bits per heavy atom. The summed E-state index contributed by atoms with van der Waals surface area (Å²) in [5.74, 6) is 0.529. The van der Waals surface area contributed by atoms with Gasteiger partial charge in [-0.1, -0.05) is 47.7 Å². The molecule has 7 aromatic rings. The van der Waals surface area contributed by atoms with Gasteiger partial charge in [-0.15, -0.1) is 5.10 Å². The van der Waals surface area contributed by atoms with Gasteiger partial charge in [0.05, 0.1) is 17.3 Å². The van der Waals surface area contributed by atoms with Crippen molar-refractivity contribution in [2.45, 2.75) is 6.92 Å². The Morgan fingerprint density at radius 2 is 1.82 bits per heavy atom. The molecule has 0 amide bonds. The summed E-state index contributed by atoms with van der Waals surface area (Å²) in [5.41, 5.74) is 3.87. The van der Waals surface area contributed by atoms with E-state index < -0.39 is 5.82 Å². The standard InChI is InChI=1S/C30H20FN5O3S/c1-17-21-10-6-7-11-23(21)39-27(17)28-32-30-36(34-28)29(37)25(40-30)15-19-16-35(20-8-4-3-5-9-20)33-26(19)18-12-13-24(38-2)22(31)14-18/h3-16H,1-2H3/b25-15-. The Kier molecular flexibility index (Phi) is 5.56. The summed E-state index contributed by atoms with van der Waals surface area (Å²) in [6.45, 7) is 1.95. The molecule has 0 aliphatic carbocycles. The van der Waals surface area contributed by atoms with Crippen molar-refractivity contribution in [3.8, 4) is 34.3 Å². The van der Waals surface area contributed by atoms with Gasteiger partial charge in [0.25, 0.3) is 5.56 Å². The van der Waals surface area contributed by atoms with Crippen LogP contribution in [0.1, 0.15) is 11.1 Å². The topological polar surface area (TPSA) is 87.4 Å². The predicted molar refractivity (Wildman–Crippen MR) is 151 cm³/mol. The normalized spacial score (nSPS) is 12.1. The number of hydrogen-bond acceptors (Lipinski definition) is 7. The molecule has 0 radical (unpaired) electrons. The third-order valence-corrected chi connectivity index (χ3v) is 7.66. The molecule has 0 bridgehead atoms. The highest BCUT2D eigenvalue weighted by Crippen LogP contribution is 2.32. The number of rotatable bonds is 5. The number of nitrogens with zero attached hydrogens (tertiary/aromatic N) is 5. The second-order valence-corrected chi connectivity index (χ2v) is 10.2. The number of para-hydroxylation sites is 2. The molecule has 196 valence electrons. The van der Waals surface area contributed by atoms with E-state index >= 15 is 0 Å². The van der Waals surface area contributed by atoms with Crippen molar-refractivity contribution in [3.63, 3.8) is 0 Å². The minimum atomic E-state index is -0.503. The number of furan rings is 1. The lowest BCUT2D eigenvalue weighted by Crippen LogP contribution is -2.23. The minimum absolute atomic E-state index is 0.139. The first-order valence-corrected chi connectivity index (χ1v) is 13.2. The van der Waals surface area contributed by atoms with E-state index in [2.05, 4.69) is 10.1 Å². The fraction of sp³-hybridized carbons (Fsp3) is 0.0667. The van der Waals surface area contributed by atoms with E-state index in [1.54, 1.807) is 22.9 Å². The highest BCUT2D eigenvalue weighted by molar-refractivity contribution is 7.15. The van der Waals surface area contributed by atoms with E-state index in [-0.39, 0.29) is 11.3 Å². The molecule has 3 aromatic carbocycles. The molecule has 0 saturated carbocycles. The molecule has 0 fully saturated rings. The number of aryl methyl sites for hydroxylation is 1. The lowest BCUT2D eigenvalue weighted by Gasteiger charge is -2.04. The molecule has 0 spiro atoms. The summed E-state index contributed by atoms with van der Waals surface area (Å²) in [6.07, 6.45) is 3.55. The number of benzene rings is 3. The third kappa shape index (κ3) is 3.88. The van der Waals surface area contributed by atoms with Crippen LogP contribution in [0.3, 0.4) is 0 Å². The molecule has 4 heterocycles.